The molecule has 0 saturated heterocycles. The van der Waals surface area contributed by atoms with E-state index in [-0.39, 0.29) is 17.7 Å². The largest absolute Gasteiger partial charge is 0.416 e. The monoisotopic (exact) mass is 542 g/mol. The Labute approximate surface area is 219 Å². The highest BCUT2D eigenvalue weighted by atomic mass is 19.4. The second-order valence-corrected chi connectivity index (χ2v) is 8.53. The van der Waals surface area contributed by atoms with Crippen LogP contribution in [0.4, 0.5) is 32.0 Å². The van der Waals surface area contributed by atoms with Crippen LogP contribution in [0.25, 0.3) is 11.1 Å². The van der Waals surface area contributed by atoms with Crippen molar-refractivity contribution >= 4 is 17.5 Å². The lowest BCUT2D eigenvalue weighted by Crippen LogP contribution is -2.23. The summed E-state index contributed by atoms with van der Waals surface area (Å²) < 4.78 is 76.9. The molecule has 0 bridgehead atoms. The molecule has 0 spiro atoms. The molecule has 0 fully saturated rings. The van der Waals surface area contributed by atoms with Crippen molar-refractivity contribution in [1.82, 2.24) is 5.32 Å². The third kappa shape index (κ3) is 6.84. The number of amides is 2. The first-order chi connectivity index (χ1) is 18.4. The van der Waals surface area contributed by atoms with Gasteiger partial charge in [-0.05, 0) is 65.2 Å². The van der Waals surface area contributed by atoms with E-state index in [1.807, 2.05) is 0 Å². The molecule has 0 aliphatic heterocycles. The standard InChI is InChI=1S/C29H20F6N2O2/c30-28(31,32)21-12-8-18(9-13-21)17-36-26(38)20-4-3-5-23(16-20)37-27(39)25-7-2-1-6-24(25)19-10-14-22(15-11-19)29(33,34)35/h1-16H,17H2,(H,36,38)(H,37,39). The molecule has 0 radical (unpaired) electrons. The maximum Gasteiger partial charge on any atom is 0.416 e. The second-order valence-electron chi connectivity index (χ2n) is 8.53. The molecule has 200 valence electrons. The first kappa shape index (κ1) is 27.4. The van der Waals surface area contributed by atoms with Crippen molar-refractivity contribution in [3.05, 3.63) is 125 Å². The first-order valence-corrected chi connectivity index (χ1v) is 11.5. The van der Waals surface area contributed by atoms with Crippen LogP contribution < -0.4 is 10.6 Å². The van der Waals surface area contributed by atoms with Crippen LogP contribution in [0.2, 0.25) is 0 Å². The normalized spacial score (nSPS) is 11.6. The van der Waals surface area contributed by atoms with E-state index in [0.717, 1.165) is 24.3 Å². The van der Waals surface area contributed by atoms with E-state index in [4.69, 9.17) is 0 Å². The van der Waals surface area contributed by atoms with Crippen LogP contribution in [0.3, 0.4) is 0 Å². The van der Waals surface area contributed by atoms with Gasteiger partial charge in [0.25, 0.3) is 11.8 Å². The van der Waals surface area contributed by atoms with Gasteiger partial charge in [-0.3, -0.25) is 9.59 Å². The van der Waals surface area contributed by atoms with Gasteiger partial charge < -0.3 is 10.6 Å². The van der Waals surface area contributed by atoms with Crippen LogP contribution in [0, 0.1) is 0 Å². The Morgan fingerprint density at radius 1 is 0.641 bits per heavy atom. The van der Waals surface area contributed by atoms with Gasteiger partial charge in [0.15, 0.2) is 0 Å². The Morgan fingerprint density at radius 3 is 1.85 bits per heavy atom. The summed E-state index contributed by atoms with van der Waals surface area (Å²) in [6.45, 7) is -0.00589. The van der Waals surface area contributed by atoms with E-state index < -0.39 is 35.3 Å². The first-order valence-electron chi connectivity index (χ1n) is 11.5. The number of nitrogens with one attached hydrogen (secondary N) is 2. The maximum atomic E-state index is 13.1. The number of hydrogen-bond acceptors (Lipinski definition) is 2. The average Bonchev–Trinajstić information content (AvgIpc) is 2.91. The molecule has 4 nitrogen and oxygen atoms in total. The summed E-state index contributed by atoms with van der Waals surface area (Å²) in [4.78, 5) is 25.7. The van der Waals surface area contributed by atoms with Crippen molar-refractivity contribution in [2.75, 3.05) is 5.32 Å². The quantitative estimate of drug-likeness (QED) is 0.247. The van der Waals surface area contributed by atoms with Crippen LogP contribution in [0.15, 0.2) is 97.1 Å². The van der Waals surface area contributed by atoms with Crippen molar-refractivity contribution in [1.29, 1.82) is 0 Å². The van der Waals surface area contributed by atoms with Gasteiger partial charge in [-0.15, -0.1) is 0 Å². The number of benzene rings is 4. The molecule has 0 aliphatic carbocycles. The van der Waals surface area contributed by atoms with Crippen LogP contribution in [0.1, 0.15) is 37.4 Å². The van der Waals surface area contributed by atoms with Crippen LogP contribution in [-0.2, 0) is 18.9 Å². The zero-order chi connectivity index (χ0) is 28.2. The fraction of sp³-hybridized carbons (Fsp3) is 0.103. The summed E-state index contributed by atoms with van der Waals surface area (Å²) >= 11 is 0. The summed E-state index contributed by atoms with van der Waals surface area (Å²) in [6.07, 6.45) is -8.94. The Hall–Kier alpha value is -4.60. The van der Waals surface area contributed by atoms with Crippen molar-refractivity contribution in [2.24, 2.45) is 0 Å². The molecule has 4 aromatic carbocycles. The zero-order valence-electron chi connectivity index (χ0n) is 20.0. The molecule has 0 saturated carbocycles. The zero-order valence-corrected chi connectivity index (χ0v) is 20.0. The van der Waals surface area contributed by atoms with Crippen molar-refractivity contribution in [3.63, 3.8) is 0 Å². The predicted octanol–water partition coefficient (Wildman–Crippen LogP) is 7.57. The number of halogens is 6. The molecular formula is C29H20F6N2O2. The van der Waals surface area contributed by atoms with Gasteiger partial charge in [-0.25, -0.2) is 0 Å². The smallest absolute Gasteiger partial charge is 0.348 e. The lowest BCUT2D eigenvalue weighted by molar-refractivity contribution is -0.138. The minimum absolute atomic E-state index is 0.00589. The van der Waals surface area contributed by atoms with Gasteiger partial charge in [0.2, 0.25) is 0 Å². The van der Waals surface area contributed by atoms with Crippen LogP contribution in [-0.4, -0.2) is 11.8 Å². The fourth-order valence-electron chi connectivity index (χ4n) is 3.80. The molecule has 10 heteroatoms. The van der Waals surface area contributed by atoms with E-state index in [1.165, 1.54) is 42.5 Å². The molecule has 0 aliphatic rings. The van der Waals surface area contributed by atoms with Gasteiger partial charge in [0.1, 0.15) is 0 Å². The summed E-state index contributed by atoms with van der Waals surface area (Å²) in [6, 6.07) is 21.3. The minimum atomic E-state index is -4.48. The van der Waals surface area contributed by atoms with E-state index in [1.54, 1.807) is 30.3 Å². The van der Waals surface area contributed by atoms with Crippen LogP contribution >= 0.6 is 0 Å². The van der Waals surface area contributed by atoms with Gasteiger partial charge in [-0.1, -0.05) is 48.5 Å². The Balaban J connectivity index is 1.45. The third-order valence-electron chi connectivity index (χ3n) is 5.81. The third-order valence-corrected chi connectivity index (χ3v) is 5.81. The van der Waals surface area contributed by atoms with E-state index in [2.05, 4.69) is 10.6 Å². The van der Waals surface area contributed by atoms with E-state index in [0.29, 0.717) is 22.4 Å². The average molecular weight is 542 g/mol. The van der Waals surface area contributed by atoms with Crippen LogP contribution in [0.5, 0.6) is 0 Å². The maximum absolute atomic E-state index is 13.1. The number of carbonyl (C=O) groups excluding carboxylic acids is 2. The van der Waals surface area contributed by atoms with Crippen molar-refractivity contribution < 1.29 is 35.9 Å². The van der Waals surface area contributed by atoms with Crippen molar-refractivity contribution in [3.8, 4) is 11.1 Å². The number of carbonyl (C=O) groups is 2. The number of alkyl halides is 6. The number of anilines is 1. The molecule has 0 unspecified atom stereocenters. The highest BCUT2D eigenvalue weighted by Gasteiger charge is 2.30. The van der Waals surface area contributed by atoms with Crippen molar-refractivity contribution in [2.45, 2.75) is 18.9 Å². The molecule has 2 amide bonds. The summed E-state index contributed by atoms with van der Waals surface area (Å²) in [5.41, 5.74) is 0.442. The topological polar surface area (TPSA) is 58.2 Å². The van der Waals surface area contributed by atoms with Gasteiger partial charge in [-0.2, -0.15) is 26.3 Å². The Morgan fingerprint density at radius 2 is 1.23 bits per heavy atom. The van der Waals surface area contributed by atoms with E-state index >= 15 is 0 Å². The van der Waals surface area contributed by atoms with Gasteiger partial charge >= 0.3 is 12.4 Å². The highest BCUT2D eigenvalue weighted by Crippen LogP contribution is 2.32. The summed E-state index contributed by atoms with van der Waals surface area (Å²) in [5.74, 6) is -1.04. The molecular weight excluding hydrogens is 522 g/mol. The minimum Gasteiger partial charge on any atom is -0.348 e. The van der Waals surface area contributed by atoms with E-state index in [9.17, 15) is 35.9 Å². The lowest BCUT2D eigenvalue weighted by Gasteiger charge is -2.13. The lowest BCUT2D eigenvalue weighted by atomic mass is 9.98. The fourth-order valence-corrected chi connectivity index (χ4v) is 3.80. The molecule has 0 aromatic heterocycles. The summed E-state index contributed by atoms with van der Waals surface area (Å²) in [5, 5.41) is 5.31. The molecule has 0 heterocycles. The van der Waals surface area contributed by atoms with Gasteiger partial charge in [0, 0.05) is 23.4 Å². The Kier molecular flexibility index (Phi) is 7.75. The SMILES string of the molecule is O=C(NCc1ccc(C(F)(F)F)cc1)c1cccc(NC(=O)c2ccccc2-c2ccc(C(F)(F)F)cc2)c1. The molecule has 4 aromatic rings. The summed E-state index contributed by atoms with van der Waals surface area (Å²) in [7, 11) is 0. The predicted molar refractivity (Wildman–Crippen MR) is 134 cm³/mol. The molecule has 0 atom stereocenters. The second kappa shape index (κ2) is 11.0. The van der Waals surface area contributed by atoms with Gasteiger partial charge in [0.05, 0.1) is 11.1 Å². The molecule has 2 N–H and O–H groups in total. The number of hydrogen-bond donors (Lipinski definition) is 2. The molecule has 39 heavy (non-hydrogen) atoms. The highest BCUT2D eigenvalue weighted by molar-refractivity contribution is 6.09. The number of rotatable bonds is 6. The molecule has 4 rings (SSSR count). The Bertz CT molecular complexity index is 1480.